The Morgan fingerprint density at radius 1 is 1.00 bits per heavy atom. The fourth-order valence-corrected chi connectivity index (χ4v) is 2.17. The first-order chi connectivity index (χ1) is 8.49. The van der Waals surface area contributed by atoms with Crippen LogP contribution in [0.2, 0.25) is 0 Å². The predicted molar refractivity (Wildman–Crippen MR) is 74.3 cm³/mol. The van der Waals surface area contributed by atoms with Crippen LogP contribution in [0.4, 0.5) is 0 Å². The SMILES string of the molecule is CC(C)CCCC(C)CCC1=CC(=O)C=CC1=O. The standard InChI is InChI=1S/C16H24O2/c1-12(2)5-4-6-13(3)7-8-14-11-15(17)9-10-16(14)18/h9-13H,4-8H2,1-3H3. The highest BCUT2D eigenvalue weighted by molar-refractivity contribution is 6.17. The Hall–Kier alpha value is -1.18. The van der Waals surface area contributed by atoms with E-state index in [2.05, 4.69) is 20.8 Å². The highest BCUT2D eigenvalue weighted by Gasteiger charge is 2.14. The van der Waals surface area contributed by atoms with Crippen LogP contribution in [0.3, 0.4) is 0 Å². The summed E-state index contributed by atoms with van der Waals surface area (Å²) in [6.07, 6.45) is 9.69. The van der Waals surface area contributed by atoms with E-state index < -0.39 is 0 Å². The molecule has 1 aliphatic carbocycles. The van der Waals surface area contributed by atoms with Gasteiger partial charge >= 0.3 is 0 Å². The summed E-state index contributed by atoms with van der Waals surface area (Å²) >= 11 is 0. The highest BCUT2D eigenvalue weighted by Crippen LogP contribution is 2.20. The van der Waals surface area contributed by atoms with Crippen molar-refractivity contribution in [3.05, 3.63) is 23.8 Å². The minimum atomic E-state index is -0.0583. The van der Waals surface area contributed by atoms with Crippen LogP contribution in [0.15, 0.2) is 23.8 Å². The molecule has 18 heavy (non-hydrogen) atoms. The van der Waals surface area contributed by atoms with Gasteiger partial charge in [-0.05, 0) is 42.9 Å². The van der Waals surface area contributed by atoms with Gasteiger partial charge in [-0.25, -0.2) is 0 Å². The molecule has 1 aliphatic rings. The van der Waals surface area contributed by atoms with Gasteiger partial charge in [0.2, 0.25) is 0 Å². The normalized spacial score (nSPS) is 17.2. The Kier molecular flexibility index (Phi) is 6.03. The van der Waals surface area contributed by atoms with Crippen molar-refractivity contribution < 1.29 is 9.59 Å². The Morgan fingerprint density at radius 2 is 1.72 bits per heavy atom. The first-order valence-electron chi connectivity index (χ1n) is 6.96. The minimum Gasteiger partial charge on any atom is -0.290 e. The largest absolute Gasteiger partial charge is 0.290 e. The van der Waals surface area contributed by atoms with Crippen LogP contribution >= 0.6 is 0 Å². The van der Waals surface area contributed by atoms with Gasteiger partial charge in [-0.15, -0.1) is 0 Å². The summed E-state index contributed by atoms with van der Waals surface area (Å²) in [5.74, 6) is 1.34. The monoisotopic (exact) mass is 248 g/mol. The van der Waals surface area contributed by atoms with Crippen molar-refractivity contribution >= 4 is 11.6 Å². The molecule has 1 atom stereocenters. The van der Waals surface area contributed by atoms with Crippen LogP contribution in [0.25, 0.3) is 0 Å². The Morgan fingerprint density at radius 3 is 2.39 bits per heavy atom. The predicted octanol–water partition coefficient (Wildman–Crippen LogP) is 3.86. The second-order valence-electron chi connectivity index (χ2n) is 5.74. The summed E-state index contributed by atoms with van der Waals surface area (Å²) in [5.41, 5.74) is 0.679. The number of carbonyl (C=O) groups is 2. The van der Waals surface area contributed by atoms with E-state index in [0.717, 1.165) is 18.8 Å². The van der Waals surface area contributed by atoms with Gasteiger partial charge in [0.1, 0.15) is 0 Å². The molecule has 2 nitrogen and oxygen atoms in total. The van der Waals surface area contributed by atoms with E-state index in [9.17, 15) is 9.59 Å². The maximum absolute atomic E-state index is 11.5. The van der Waals surface area contributed by atoms with Crippen LogP contribution in [0.1, 0.15) is 52.9 Å². The summed E-state index contributed by atoms with van der Waals surface area (Å²) in [4.78, 5) is 22.7. The van der Waals surface area contributed by atoms with Gasteiger partial charge < -0.3 is 0 Å². The molecule has 100 valence electrons. The van der Waals surface area contributed by atoms with Crippen molar-refractivity contribution in [3.8, 4) is 0 Å². The zero-order valence-electron chi connectivity index (χ0n) is 11.7. The van der Waals surface area contributed by atoms with Crippen molar-refractivity contribution in [2.45, 2.75) is 52.9 Å². The van der Waals surface area contributed by atoms with E-state index in [4.69, 9.17) is 0 Å². The third-order valence-electron chi connectivity index (χ3n) is 3.42. The average molecular weight is 248 g/mol. The molecule has 0 saturated carbocycles. The second kappa shape index (κ2) is 7.30. The van der Waals surface area contributed by atoms with Gasteiger partial charge in [0.15, 0.2) is 11.6 Å². The van der Waals surface area contributed by atoms with Crippen LogP contribution < -0.4 is 0 Å². The number of rotatable bonds is 7. The van der Waals surface area contributed by atoms with E-state index in [1.807, 2.05) is 0 Å². The molecule has 0 spiro atoms. The molecule has 2 heteroatoms. The number of hydrogen-bond donors (Lipinski definition) is 0. The Labute approximate surface area is 110 Å². The fraction of sp³-hybridized carbons (Fsp3) is 0.625. The van der Waals surface area contributed by atoms with Crippen LogP contribution in [-0.4, -0.2) is 11.6 Å². The molecule has 0 radical (unpaired) electrons. The summed E-state index contributed by atoms with van der Waals surface area (Å²) in [6.45, 7) is 6.72. The first-order valence-corrected chi connectivity index (χ1v) is 6.96. The third-order valence-corrected chi connectivity index (χ3v) is 3.42. The molecule has 0 aliphatic heterocycles. The zero-order chi connectivity index (χ0) is 13.5. The molecule has 0 aromatic rings. The smallest absolute Gasteiger partial charge is 0.182 e. The van der Waals surface area contributed by atoms with Gasteiger partial charge in [0.05, 0.1) is 0 Å². The van der Waals surface area contributed by atoms with Crippen LogP contribution in [0, 0.1) is 11.8 Å². The molecule has 0 saturated heterocycles. The minimum absolute atomic E-state index is 0.00369. The lowest BCUT2D eigenvalue weighted by atomic mass is 9.91. The second-order valence-corrected chi connectivity index (χ2v) is 5.74. The number of ketones is 2. The maximum Gasteiger partial charge on any atom is 0.182 e. The molecule has 0 fully saturated rings. The van der Waals surface area contributed by atoms with E-state index in [1.165, 1.54) is 37.5 Å². The van der Waals surface area contributed by atoms with Gasteiger partial charge in [0, 0.05) is 5.57 Å². The fourth-order valence-electron chi connectivity index (χ4n) is 2.17. The molecule has 0 heterocycles. The number of hydrogen-bond acceptors (Lipinski definition) is 2. The summed E-state index contributed by atoms with van der Waals surface area (Å²) in [5, 5.41) is 0. The van der Waals surface area contributed by atoms with Gasteiger partial charge in [-0.3, -0.25) is 9.59 Å². The summed E-state index contributed by atoms with van der Waals surface area (Å²) in [6, 6.07) is 0. The first kappa shape index (κ1) is 14.9. The Balaban J connectivity index is 2.28. The van der Waals surface area contributed by atoms with Crippen molar-refractivity contribution in [3.63, 3.8) is 0 Å². The van der Waals surface area contributed by atoms with Crippen LogP contribution in [0.5, 0.6) is 0 Å². The molecule has 0 aromatic carbocycles. The molecule has 0 amide bonds. The number of allylic oxidation sites excluding steroid dienone is 4. The zero-order valence-corrected chi connectivity index (χ0v) is 11.7. The number of carbonyl (C=O) groups excluding carboxylic acids is 2. The van der Waals surface area contributed by atoms with Crippen molar-refractivity contribution in [1.29, 1.82) is 0 Å². The van der Waals surface area contributed by atoms with Crippen molar-refractivity contribution in [2.75, 3.05) is 0 Å². The summed E-state index contributed by atoms with van der Waals surface area (Å²) < 4.78 is 0. The molecular weight excluding hydrogens is 224 g/mol. The molecule has 0 bridgehead atoms. The highest BCUT2D eigenvalue weighted by atomic mass is 16.1. The molecular formula is C16H24O2. The average Bonchev–Trinajstić information content (AvgIpc) is 2.30. The van der Waals surface area contributed by atoms with Gasteiger partial charge in [-0.1, -0.05) is 40.0 Å². The van der Waals surface area contributed by atoms with Crippen LogP contribution in [-0.2, 0) is 9.59 Å². The molecule has 0 N–H and O–H groups in total. The molecule has 1 rings (SSSR count). The van der Waals surface area contributed by atoms with E-state index >= 15 is 0 Å². The third kappa shape index (κ3) is 5.44. The van der Waals surface area contributed by atoms with E-state index in [0.29, 0.717) is 11.5 Å². The van der Waals surface area contributed by atoms with Crippen molar-refractivity contribution in [1.82, 2.24) is 0 Å². The summed E-state index contributed by atoms with van der Waals surface area (Å²) in [7, 11) is 0. The lowest BCUT2D eigenvalue weighted by Crippen LogP contribution is -2.09. The molecule has 0 aromatic heterocycles. The van der Waals surface area contributed by atoms with Crippen molar-refractivity contribution in [2.24, 2.45) is 11.8 Å². The van der Waals surface area contributed by atoms with Gasteiger partial charge in [-0.2, -0.15) is 0 Å². The lowest BCUT2D eigenvalue weighted by Gasteiger charge is -2.13. The maximum atomic E-state index is 11.5. The lowest BCUT2D eigenvalue weighted by molar-refractivity contribution is -0.114. The molecule has 1 unspecified atom stereocenters. The topological polar surface area (TPSA) is 34.1 Å². The van der Waals surface area contributed by atoms with Gasteiger partial charge in [0.25, 0.3) is 0 Å². The Bertz CT molecular complexity index is 361. The quantitative estimate of drug-likeness (QED) is 0.641. The van der Waals surface area contributed by atoms with E-state index in [-0.39, 0.29) is 11.6 Å². The van der Waals surface area contributed by atoms with E-state index in [1.54, 1.807) is 0 Å².